The molecule has 5 nitrogen and oxygen atoms in total. The van der Waals surface area contributed by atoms with Crippen LogP contribution in [-0.4, -0.2) is 59.5 Å². The lowest BCUT2D eigenvalue weighted by molar-refractivity contribution is -0.141. The van der Waals surface area contributed by atoms with Crippen molar-refractivity contribution in [3.05, 3.63) is 20.8 Å². The molecule has 1 aromatic heterocycles. The number of thiophene rings is 1. The van der Waals surface area contributed by atoms with Crippen LogP contribution in [0.15, 0.2) is 15.9 Å². The quantitative estimate of drug-likeness (QED) is 0.890. The Labute approximate surface area is 117 Å². The fourth-order valence-corrected chi connectivity index (χ4v) is 3.03. The molecule has 2 rings (SSSR count). The number of aliphatic hydroxyl groups excluding tert-OH is 1. The Morgan fingerprint density at radius 1 is 1.56 bits per heavy atom. The first-order valence-electron chi connectivity index (χ1n) is 5.44. The average Bonchev–Trinajstić information content (AvgIpc) is 2.70. The number of aliphatic hydroxyl groups is 1. The van der Waals surface area contributed by atoms with Gasteiger partial charge in [0, 0.05) is 20.1 Å². The van der Waals surface area contributed by atoms with E-state index in [1.54, 1.807) is 24.1 Å². The van der Waals surface area contributed by atoms with Gasteiger partial charge in [-0.15, -0.1) is 11.3 Å². The Bertz CT molecular complexity index is 471. The minimum Gasteiger partial charge on any atom is -0.389 e. The molecule has 1 N–H and O–H groups in total. The highest BCUT2D eigenvalue weighted by atomic mass is 79.9. The summed E-state index contributed by atoms with van der Waals surface area (Å²) in [5.41, 5.74) is 0. The lowest BCUT2D eigenvalue weighted by atomic mass is 10.1. The maximum Gasteiger partial charge on any atom is 0.264 e. The fraction of sp³-hybridized carbons (Fsp3) is 0.455. The van der Waals surface area contributed by atoms with E-state index in [2.05, 4.69) is 15.9 Å². The summed E-state index contributed by atoms with van der Waals surface area (Å²) in [6.45, 7) is 0.776. The maximum absolute atomic E-state index is 12.0. The predicted molar refractivity (Wildman–Crippen MR) is 71.6 cm³/mol. The van der Waals surface area contributed by atoms with Crippen molar-refractivity contribution in [3.63, 3.8) is 0 Å². The van der Waals surface area contributed by atoms with Gasteiger partial charge in [0.2, 0.25) is 5.91 Å². The number of hydrogen-bond donors (Lipinski definition) is 1. The van der Waals surface area contributed by atoms with Crippen molar-refractivity contribution in [1.29, 1.82) is 0 Å². The van der Waals surface area contributed by atoms with Crippen LogP contribution in [0.3, 0.4) is 0 Å². The van der Waals surface area contributed by atoms with Gasteiger partial charge >= 0.3 is 0 Å². The van der Waals surface area contributed by atoms with Crippen LogP contribution < -0.4 is 0 Å². The lowest BCUT2D eigenvalue weighted by Crippen LogP contribution is -2.56. The molecule has 0 bridgehead atoms. The van der Waals surface area contributed by atoms with Crippen LogP contribution in [0, 0.1) is 0 Å². The van der Waals surface area contributed by atoms with Crippen LogP contribution in [0.5, 0.6) is 0 Å². The Morgan fingerprint density at radius 2 is 2.22 bits per heavy atom. The minimum atomic E-state index is -0.414. The highest BCUT2D eigenvalue weighted by Crippen LogP contribution is 2.23. The molecule has 0 atom stereocenters. The molecule has 7 heteroatoms. The summed E-state index contributed by atoms with van der Waals surface area (Å²) in [6.07, 6.45) is -0.414. The molecule has 0 unspecified atom stereocenters. The van der Waals surface area contributed by atoms with E-state index >= 15 is 0 Å². The van der Waals surface area contributed by atoms with Gasteiger partial charge in [-0.05, 0) is 28.1 Å². The van der Waals surface area contributed by atoms with Gasteiger partial charge in [-0.1, -0.05) is 0 Å². The molecule has 0 aliphatic carbocycles. The number of halogens is 1. The van der Waals surface area contributed by atoms with Gasteiger partial charge in [-0.2, -0.15) is 0 Å². The van der Waals surface area contributed by atoms with E-state index in [0.29, 0.717) is 18.0 Å². The lowest BCUT2D eigenvalue weighted by Gasteiger charge is -2.36. The topological polar surface area (TPSA) is 60.9 Å². The smallest absolute Gasteiger partial charge is 0.264 e. The fourth-order valence-electron chi connectivity index (χ4n) is 1.65. The number of carbonyl (C=O) groups is 2. The zero-order valence-electron chi connectivity index (χ0n) is 9.80. The molecule has 0 radical (unpaired) electrons. The number of rotatable bonds is 3. The summed E-state index contributed by atoms with van der Waals surface area (Å²) in [7, 11) is 1.60. The van der Waals surface area contributed by atoms with E-state index in [-0.39, 0.29) is 18.4 Å². The molecule has 18 heavy (non-hydrogen) atoms. The zero-order valence-corrected chi connectivity index (χ0v) is 12.2. The molecule has 2 heterocycles. The van der Waals surface area contributed by atoms with Crippen LogP contribution >= 0.6 is 27.3 Å². The van der Waals surface area contributed by atoms with Gasteiger partial charge in [0.25, 0.3) is 5.91 Å². The SMILES string of the molecule is CN(CC(=O)N1CC(O)C1)C(=O)c1ccc(Br)s1. The van der Waals surface area contributed by atoms with E-state index in [4.69, 9.17) is 5.11 Å². The first-order valence-corrected chi connectivity index (χ1v) is 7.05. The van der Waals surface area contributed by atoms with Gasteiger partial charge < -0.3 is 14.9 Å². The van der Waals surface area contributed by atoms with E-state index < -0.39 is 6.10 Å². The van der Waals surface area contributed by atoms with Gasteiger partial charge in [-0.25, -0.2) is 0 Å². The number of likely N-dealkylation sites (N-methyl/N-ethyl adjacent to an activating group) is 1. The van der Waals surface area contributed by atoms with Gasteiger partial charge in [-0.3, -0.25) is 9.59 Å². The molecule has 2 amide bonds. The second kappa shape index (κ2) is 5.38. The van der Waals surface area contributed by atoms with Gasteiger partial charge in [0.15, 0.2) is 0 Å². The van der Waals surface area contributed by atoms with Crippen molar-refractivity contribution in [1.82, 2.24) is 9.80 Å². The van der Waals surface area contributed by atoms with Crippen molar-refractivity contribution in [2.75, 3.05) is 26.7 Å². The summed E-state index contributed by atoms with van der Waals surface area (Å²) < 4.78 is 0.886. The van der Waals surface area contributed by atoms with Crippen LogP contribution in [0.4, 0.5) is 0 Å². The Hall–Kier alpha value is -0.920. The second-order valence-corrected chi connectivity index (χ2v) is 6.68. The molecule has 98 valence electrons. The summed E-state index contributed by atoms with van der Waals surface area (Å²) in [5.74, 6) is -0.299. The third-order valence-electron chi connectivity index (χ3n) is 2.72. The van der Waals surface area contributed by atoms with Crippen molar-refractivity contribution in [2.45, 2.75) is 6.10 Å². The molecular weight excluding hydrogens is 320 g/mol. The normalized spacial score (nSPS) is 15.4. The number of β-amino-alcohol motifs (C(OH)–C–C–N with tert-alkyl or cyclic N) is 1. The van der Waals surface area contributed by atoms with Crippen molar-refractivity contribution >= 4 is 39.1 Å². The molecular formula is C11H13BrN2O3S. The number of hydrogen-bond acceptors (Lipinski definition) is 4. The first kappa shape index (κ1) is 13.5. The van der Waals surface area contributed by atoms with E-state index in [1.165, 1.54) is 16.2 Å². The van der Waals surface area contributed by atoms with Crippen molar-refractivity contribution in [2.24, 2.45) is 0 Å². The van der Waals surface area contributed by atoms with Crippen LogP contribution in [0.1, 0.15) is 9.67 Å². The number of carbonyl (C=O) groups excluding carboxylic acids is 2. The van der Waals surface area contributed by atoms with Crippen LogP contribution in [0.25, 0.3) is 0 Å². The summed E-state index contributed by atoms with van der Waals surface area (Å²) >= 11 is 4.64. The molecule has 0 saturated carbocycles. The molecule has 1 aliphatic rings. The standard InChI is InChI=1S/C11H13BrN2O3S/c1-13(6-10(16)14-4-7(15)5-14)11(17)8-2-3-9(12)18-8/h2-3,7,15H,4-6H2,1H3. The van der Waals surface area contributed by atoms with Crippen molar-refractivity contribution in [3.8, 4) is 0 Å². The number of likely N-dealkylation sites (tertiary alicyclic amines) is 1. The average molecular weight is 333 g/mol. The molecule has 1 aliphatic heterocycles. The molecule has 0 aromatic carbocycles. The Morgan fingerprint density at radius 3 is 2.72 bits per heavy atom. The minimum absolute atomic E-state index is 0.0427. The Balaban J connectivity index is 1.89. The predicted octanol–water partition coefficient (Wildman–Crippen LogP) is 0.786. The van der Waals surface area contributed by atoms with E-state index in [0.717, 1.165) is 3.79 Å². The van der Waals surface area contributed by atoms with E-state index in [9.17, 15) is 9.59 Å². The highest BCUT2D eigenvalue weighted by molar-refractivity contribution is 9.11. The van der Waals surface area contributed by atoms with Gasteiger partial charge in [0.1, 0.15) is 0 Å². The first-order chi connectivity index (χ1) is 8.47. The third-order valence-corrected chi connectivity index (χ3v) is 4.33. The van der Waals surface area contributed by atoms with Gasteiger partial charge in [0.05, 0.1) is 21.3 Å². The zero-order chi connectivity index (χ0) is 13.3. The molecule has 1 saturated heterocycles. The molecule has 1 fully saturated rings. The van der Waals surface area contributed by atoms with Crippen molar-refractivity contribution < 1.29 is 14.7 Å². The maximum atomic E-state index is 12.0. The number of amides is 2. The summed E-state index contributed by atoms with van der Waals surface area (Å²) in [5, 5.41) is 9.11. The largest absolute Gasteiger partial charge is 0.389 e. The summed E-state index contributed by atoms with van der Waals surface area (Å²) in [6, 6.07) is 3.53. The second-order valence-electron chi connectivity index (χ2n) is 4.22. The third kappa shape index (κ3) is 2.90. The highest BCUT2D eigenvalue weighted by Gasteiger charge is 2.30. The number of nitrogens with zero attached hydrogens (tertiary/aromatic N) is 2. The summed E-state index contributed by atoms with van der Waals surface area (Å²) in [4.78, 5) is 27.3. The Kier molecular flexibility index (Phi) is 4.04. The van der Waals surface area contributed by atoms with E-state index in [1.807, 2.05) is 0 Å². The van der Waals surface area contributed by atoms with Crippen LogP contribution in [0.2, 0.25) is 0 Å². The molecule has 0 spiro atoms. The monoisotopic (exact) mass is 332 g/mol. The molecule has 1 aromatic rings. The van der Waals surface area contributed by atoms with Crippen LogP contribution in [-0.2, 0) is 4.79 Å².